The minimum absolute atomic E-state index is 0.0277. The van der Waals surface area contributed by atoms with Gasteiger partial charge in [0.25, 0.3) is 11.8 Å². The molecule has 0 aliphatic carbocycles. The lowest BCUT2D eigenvalue weighted by Gasteiger charge is -2.29. The van der Waals surface area contributed by atoms with Crippen LogP contribution >= 0.6 is 0 Å². The van der Waals surface area contributed by atoms with Crippen molar-refractivity contribution in [1.29, 1.82) is 0 Å². The van der Waals surface area contributed by atoms with Gasteiger partial charge in [-0.05, 0) is 24.6 Å². The number of nitrogens with one attached hydrogen (secondary N) is 1. The number of rotatable bonds is 4. The number of benzene rings is 1. The van der Waals surface area contributed by atoms with Gasteiger partial charge in [0.1, 0.15) is 24.3 Å². The number of allylic oxidation sites excluding steroid dienone is 3. The molecule has 1 fully saturated rings. The Hall–Kier alpha value is -3.46. The van der Waals surface area contributed by atoms with Crippen molar-refractivity contribution >= 4 is 23.1 Å². The number of carbonyl (C=O) groups is 1. The first-order valence-electron chi connectivity index (χ1n) is 11.3. The molecule has 0 saturated carbocycles. The first-order valence-corrected chi connectivity index (χ1v) is 11.3. The second-order valence-electron chi connectivity index (χ2n) is 8.30. The van der Waals surface area contributed by atoms with Gasteiger partial charge in [0, 0.05) is 51.0 Å². The predicted molar refractivity (Wildman–Crippen MR) is 130 cm³/mol. The zero-order chi connectivity index (χ0) is 24.2. The van der Waals surface area contributed by atoms with E-state index >= 15 is 0 Å². The molecule has 0 aromatic heterocycles. The van der Waals surface area contributed by atoms with E-state index in [2.05, 4.69) is 11.4 Å². The fraction of sp³-hybridized carbons (Fsp3) is 0.440. The van der Waals surface area contributed by atoms with Crippen molar-refractivity contribution in [3.8, 4) is 5.75 Å². The van der Waals surface area contributed by atoms with E-state index in [4.69, 9.17) is 23.9 Å². The molecule has 0 radical (unpaired) electrons. The van der Waals surface area contributed by atoms with Crippen LogP contribution in [0.1, 0.15) is 18.9 Å². The second-order valence-corrected chi connectivity index (χ2v) is 8.30. The number of ether oxygens (including phenoxy) is 4. The van der Waals surface area contributed by atoms with Gasteiger partial charge in [-0.25, -0.2) is 0 Å². The summed E-state index contributed by atoms with van der Waals surface area (Å²) >= 11 is 0. The van der Waals surface area contributed by atoms with Crippen LogP contribution in [0.15, 0.2) is 53.1 Å². The maximum atomic E-state index is 12.9. The van der Waals surface area contributed by atoms with Crippen LogP contribution in [-0.4, -0.2) is 81.8 Å². The number of carbonyl (C=O) groups excluding carboxylic acids is 1. The van der Waals surface area contributed by atoms with E-state index in [1.807, 2.05) is 54.3 Å². The monoisotopic (exact) mass is 468 g/mol. The Bertz CT molecular complexity index is 1060. The van der Waals surface area contributed by atoms with Crippen molar-refractivity contribution in [3.05, 3.63) is 53.7 Å². The van der Waals surface area contributed by atoms with Gasteiger partial charge in [0.2, 0.25) is 0 Å². The Labute approximate surface area is 200 Å². The fourth-order valence-corrected chi connectivity index (χ4v) is 4.44. The highest BCUT2D eigenvalue weighted by Crippen LogP contribution is 2.32. The molecule has 4 bridgehead atoms. The summed E-state index contributed by atoms with van der Waals surface area (Å²) < 4.78 is 22.7. The number of hydrogen-bond acceptors (Lipinski definition) is 8. The lowest BCUT2D eigenvalue weighted by Crippen LogP contribution is -2.41. The van der Waals surface area contributed by atoms with Crippen molar-refractivity contribution in [2.24, 2.45) is 4.99 Å². The lowest BCUT2D eigenvalue weighted by molar-refractivity contribution is -0.136. The maximum absolute atomic E-state index is 12.9. The molecule has 9 heteroatoms. The molecule has 2 atom stereocenters. The number of amides is 1. The Kier molecular flexibility index (Phi) is 7.12. The van der Waals surface area contributed by atoms with Crippen molar-refractivity contribution in [2.45, 2.75) is 25.5 Å². The van der Waals surface area contributed by atoms with Crippen LogP contribution in [0.3, 0.4) is 0 Å². The van der Waals surface area contributed by atoms with E-state index in [0.717, 1.165) is 22.6 Å². The predicted octanol–water partition coefficient (Wildman–Crippen LogP) is 2.83. The minimum Gasteiger partial charge on any atom is -0.497 e. The quantitative estimate of drug-likeness (QED) is 0.727. The maximum Gasteiger partial charge on any atom is 0.260 e. The van der Waals surface area contributed by atoms with E-state index in [-0.39, 0.29) is 11.9 Å². The van der Waals surface area contributed by atoms with Crippen molar-refractivity contribution in [2.75, 3.05) is 53.4 Å². The van der Waals surface area contributed by atoms with Crippen molar-refractivity contribution < 1.29 is 23.7 Å². The van der Waals surface area contributed by atoms with Gasteiger partial charge in [-0.15, -0.1) is 0 Å². The molecule has 1 amide bonds. The highest BCUT2D eigenvalue weighted by atomic mass is 16.5. The molecular formula is C25H32N4O5. The first-order chi connectivity index (χ1) is 16.5. The van der Waals surface area contributed by atoms with Crippen LogP contribution in [0.4, 0.5) is 5.69 Å². The summed E-state index contributed by atoms with van der Waals surface area (Å²) in [5.74, 6) is 2.30. The van der Waals surface area contributed by atoms with Gasteiger partial charge >= 0.3 is 0 Å². The Balaban J connectivity index is 1.84. The molecule has 1 saturated heterocycles. The van der Waals surface area contributed by atoms with Crippen LogP contribution in [0, 0.1) is 0 Å². The number of hydrogen-bond donors (Lipinski definition) is 1. The summed E-state index contributed by atoms with van der Waals surface area (Å²) in [6.07, 6.45) is 5.93. The summed E-state index contributed by atoms with van der Waals surface area (Å²) in [5.41, 5.74) is 2.74. The average Bonchev–Trinajstić information content (AvgIpc) is 3.15. The molecule has 9 nitrogen and oxygen atoms in total. The molecule has 182 valence electrons. The molecule has 1 aromatic carbocycles. The van der Waals surface area contributed by atoms with Gasteiger partial charge in [-0.1, -0.05) is 12.2 Å². The Morgan fingerprint density at radius 3 is 2.74 bits per heavy atom. The number of methoxy groups -OCH3 is 3. The van der Waals surface area contributed by atoms with E-state index in [1.165, 1.54) is 0 Å². The molecule has 1 aromatic rings. The SMILES string of the molecule is CC=C/C1=C2/N=C(OC[C@@H]3C[C@@H](OC)C(=O)N3CCNc3cc(OC)cc1c3)C(OC)=CN2C. The zero-order valence-electron chi connectivity index (χ0n) is 20.3. The zero-order valence-corrected chi connectivity index (χ0v) is 20.3. The molecule has 4 rings (SSSR count). The summed E-state index contributed by atoms with van der Waals surface area (Å²) in [6, 6.07) is 5.84. The topological polar surface area (TPSA) is 84.9 Å². The summed E-state index contributed by atoms with van der Waals surface area (Å²) in [5, 5.41) is 3.44. The standard InChI is InChI=1S/C25H32N4O5/c1-6-7-20-16-10-17(12-19(11-16)31-3)26-8-9-29-18(13-21(32-4)25(29)30)15-34-24-22(33-5)14-28(2)23(20)27-24/h6-7,10-12,14,18,21,26H,8-9,13,15H2,1-5H3/b7-6?,23-20+/t18-,21+/m0/s1. The van der Waals surface area contributed by atoms with Gasteiger partial charge in [0.15, 0.2) is 5.76 Å². The van der Waals surface area contributed by atoms with Gasteiger partial charge in [0.05, 0.1) is 26.5 Å². The molecule has 0 spiro atoms. The largest absolute Gasteiger partial charge is 0.497 e. The molecule has 3 aliphatic heterocycles. The third-order valence-corrected chi connectivity index (χ3v) is 6.17. The number of aliphatic imine (C=N–C) groups is 1. The van der Waals surface area contributed by atoms with E-state index < -0.39 is 6.10 Å². The van der Waals surface area contributed by atoms with E-state index in [9.17, 15) is 4.79 Å². The van der Waals surface area contributed by atoms with Gasteiger partial charge in [-0.3, -0.25) is 4.79 Å². The van der Waals surface area contributed by atoms with Crippen molar-refractivity contribution in [3.63, 3.8) is 0 Å². The number of nitrogens with zero attached hydrogens (tertiary/aromatic N) is 3. The van der Waals surface area contributed by atoms with Crippen LogP contribution in [0.5, 0.6) is 5.75 Å². The molecule has 34 heavy (non-hydrogen) atoms. The van der Waals surface area contributed by atoms with Crippen molar-refractivity contribution in [1.82, 2.24) is 9.80 Å². The lowest BCUT2D eigenvalue weighted by atomic mass is 10.0. The van der Waals surface area contributed by atoms with Crippen LogP contribution < -0.4 is 10.1 Å². The van der Waals surface area contributed by atoms with Crippen LogP contribution in [-0.2, 0) is 19.0 Å². The molecule has 3 heterocycles. The fourth-order valence-electron chi connectivity index (χ4n) is 4.44. The second kappa shape index (κ2) is 10.2. The molecular weight excluding hydrogens is 436 g/mol. The average molecular weight is 469 g/mol. The third kappa shape index (κ3) is 4.61. The summed E-state index contributed by atoms with van der Waals surface area (Å²) in [6.45, 7) is 3.35. The number of anilines is 1. The molecule has 1 N–H and O–H groups in total. The Morgan fingerprint density at radius 2 is 2.03 bits per heavy atom. The first kappa shape index (κ1) is 23.7. The number of fused-ring (bicyclic) bond motifs is 4. The van der Waals surface area contributed by atoms with Gasteiger partial charge < -0.3 is 34.1 Å². The van der Waals surface area contributed by atoms with Gasteiger partial charge in [-0.2, -0.15) is 4.99 Å². The Morgan fingerprint density at radius 1 is 1.21 bits per heavy atom. The highest BCUT2D eigenvalue weighted by Gasteiger charge is 2.40. The van der Waals surface area contributed by atoms with Crippen LogP contribution in [0.25, 0.3) is 5.57 Å². The summed E-state index contributed by atoms with van der Waals surface area (Å²) in [4.78, 5) is 21.5. The van der Waals surface area contributed by atoms with E-state index in [0.29, 0.717) is 43.6 Å². The normalized spacial score (nSPS) is 25.1. The molecule has 0 unspecified atom stereocenters. The smallest absolute Gasteiger partial charge is 0.260 e. The summed E-state index contributed by atoms with van der Waals surface area (Å²) in [7, 11) is 6.72. The third-order valence-electron chi connectivity index (χ3n) is 6.17. The van der Waals surface area contributed by atoms with Crippen LogP contribution in [0.2, 0.25) is 0 Å². The minimum atomic E-state index is -0.471. The highest BCUT2D eigenvalue weighted by molar-refractivity contribution is 5.95. The van der Waals surface area contributed by atoms with E-state index in [1.54, 1.807) is 21.3 Å². The molecule has 3 aliphatic rings.